The lowest BCUT2D eigenvalue weighted by atomic mass is 9.73. The van der Waals surface area contributed by atoms with E-state index >= 15 is 0 Å². The van der Waals surface area contributed by atoms with Crippen LogP contribution in [-0.2, 0) is 17.8 Å². The molecule has 1 aliphatic carbocycles. The number of fused-ring (bicyclic) bond motifs is 1. The van der Waals surface area contributed by atoms with Crippen LogP contribution in [0, 0.1) is 17.8 Å². The van der Waals surface area contributed by atoms with Crippen LogP contribution in [0.2, 0.25) is 5.02 Å². The van der Waals surface area contributed by atoms with Crippen LogP contribution < -0.4 is 11.0 Å². The van der Waals surface area contributed by atoms with E-state index in [1.807, 2.05) is 0 Å². The monoisotopic (exact) mass is 524 g/mol. The molecule has 0 unspecified atom stereocenters. The van der Waals surface area contributed by atoms with E-state index in [0.717, 1.165) is 29.6 Å². The molecule has 4 rings (SSSR count). The van der Waals surface area contributed by atoms with Crippen LogP contribution in [0.15, 0.2) is 53.3 Å². The second-order valence-electron chi connectivity index (χ2n) is 10.4. The van der Waals surface area contributed by atoms with Gasteiger partial charge in [-0.25, -0.2) is 10.2 Å². The number of hydrogen-bond acceptors (Lipinski definition) is 4. The van der Waals surface area contributed by atoms with Crippen LogP contribution in [0.4, 0.5) is 4.79 Å². The average molecular weight is 525 g/mol. The first-order valence-electron chi connectivity index (χ1n) is 12.7. The summed E-state index contributed by atoms with van der Waals surface area (Å²) in [5.74, 6) is 0.579. The van der Waals surface area contributed by atoms with Gasteiger partial charge in [0.15, 0.2) is 0 Å². The van der Waals surface area contributed by atoms with Crippen molar-refractivity contribution in [2.45, 2.75) is 59.0 Å². The number of halogens is 1. The Balaban J connectivity index is 1.68. The molecule has 3 aromatic rings. The first-order chi connectivity index (χ1) is 17.6. The van der Waals surface area contributed by atoms with Crippen molar-refractivity contribution in [3.63, 3.8) is 0 Å². The van der Waals surface area contributed by atoms with Gasteiger partial charge in [0.05, 0.1) is 24.0 Å². The number of hydrogen-bond donors (Lipinski definition) is 2. The number of nitrogens with zero attached hydrogens (tertiary/aromatic N) is 3. The molecule has 0 spiro atoms. The summed E-state index contributed by atoms with van der Waals surface area (Å²) >= 11 is 5.92. The van der Waals surface area contributed by atoms with E-state index in [1.54, 1.807) is 48.5 Å². The van der Waals surface area contributed by atoms with E-state index in [1.165, 1.54) is 4.90 Å². The zero-order valence-electron chi connectivity index (χ0n) is 21.4. The van der Waals surface area contributed by atoms with Crippen LogP contribution in [0.5, 0.6) is 0 Å². The third-order valence-electron chi connectivity index (χ3n) is 7.34. The van der Waals surface area contributed by atoms with Gasteiger partial charge in [0, 0.05) is 16.5 Å². The van der Waals surface area contributed by atoms with Crippen LogP contribution in [0.3, 0.4) is 0 Å². The van der Waals surface area contributed by atoms with E-state index in [0.29, 0.717) is 33.3 Å². The average Bonchev–Trinajstić information content (AvgIpc) is 2.86. The van der Waals surface area contributed by atoms with Crippen molar-refractivity contribution in [3.05, 3.63) is 75.2 Å². The fourth-order valence-electron chi connectivity index (χ4n) is 5.39. The van der Waals surface area contributed by atoms with Crippen molar-refractivity contribution in [2.75, 3.05) is 5.43 Å². The molecule has 1 saturated carbocycles. The third-order valence-corrected chi connectivity index (χ3v) is 7.60. The molecule has 3 atom stereocenters. The maximum absolute atomic E-state index is 13.2. The Kier molecular flexibility index (Phi) is 8.17. The van der Waals surface area contributed by atoms with Crippen LogP contribution >= 0.6 is 11.6 Å². The summed E-state index contributed by atoms with van der Waals surface area (Å²) in [6.45, 7) is 6.45. The number of rotatable bonds is 7. The number of nitrogens with one attached hydrogen (secondary N) is 1. The summed E-state index contributed by atoms with van der Waals surface area (Å²) in [6.07, 6.45) is 1.86. The fraction of sp³-hybridized carbons (Fsp3) is 0.429. The Hall–Kier alpha value is -3.39. The van der Waals surface area contributed by atoms with Gasteiger partial charge in [0.1, 0.15) is 0 Å². The number of amides is 2. The highest BCUT2D eigenvalue weighted by molar-refractivity contribution is 6.30. The molecule has 2 N–H and O–H groups in total. The second-order valence-corrected chi connectivity index (χ2v) is 10.8. The van der Waals surface area contributed by atoms with Gasteiger partial charge in [0.2, 0.25) is 5.91 Å². The largest absolute Gasteiger partial charge is 0.465 e. The predicted octanol–water partition coefficient (Wildman–Crippen LogP) is 5.30. The molecule has 0 bridgehead atoms. The fourth-order valence-corrected chi connectivity index (χ4v) is 5.52. The summed E-state index contributed by atoms with van der Waals surface area (Å²) in [7, 11) is 0. The van der Waals surface area contributed by atoms with Gasteiger partial charge in [-0.1, -0.05) is 69.1 Å². The molecule has 37 heavy (non-hydrogen) atoms. The molecule has 2 aromatic carbocycles. The number of aromatic nitrogens is 2. The Labute approximate surface area is 221 Å². The van der Waals surface area contributed by atoms with Crippen LogP contribution in [0.1, 0.15) is 51.3 Å². The minimum absolute atomic E-state index is 0.0176. The van der Waals surface area contributed by atoms with Crippen molar-refractivity contribution in [1.82, 2.24) is 14.8 Å². The summed E-state index contributed by atoms with van der Waals surface area (Å²) in [4.78, 5) is 40.8. The molecule has 0 aliphatic heterocycles. The lowest BCUT2D eigenvalue weighted by Gasteiger charge is -2.42. The first-order valence-corrected chi connectivity index (χ1v) is 13.1. The van der Waals surface area contributed by atoms with Crippen molar-refractivity contribution < 1.29 is 14.7 Å². The molecule has 9 heteroatoms. The lowest BCUT2D eigenvalue weighted by molar-refractivity contribution is -0.116. The zero-order valence-corrected chi connectivity index (χ0v) is 22.1. The highest BCUT2D eigenvalue weighted by Crippen LogP contribution is 2.37. The van der Waals surface area contributed by atoms with Gasteiger partial charge >= 0.3 is 6.09 Å². The molecule has 0 saturated heterocycles. The number of carbonyl (C=O) groups is 2. The molecular formula is C28H33ClN4O4. The Morgan fingerprint density at radius 2 is 1.81 bits per heavy atom. The molecule has 1 aromatic heterocycles. The van der Waals surface area contributed by atoms with E-state index in [9.17, 15) is 19.5 Å². The third kappa shape index (κ3) is 6.13. The molecule has 2 amide bonds. The van der Waals surface area contributed by atoms with Crippen molar-refractivity contribution in [1.29, 1.82) is 0 Å². The molecule has 8 nitrogen and oxygen atoms in total. The van der Waals surface area contributed by atoms with Crippen LogP contribution in [-0.4, -0.2) is 37.9 Å². The van der Waals surface area contributed by atoms with Gasteiger partial charge in [-0.2, -0.15) is 5.10 Å². The van der Waals surface area contributed by atoms with Crippen molar-refractivity contribution in [3.8, 4) is 0 Å². The van der Waals surface area contributed by atoms with Gasteiger partial charge in [0.25, 0.3) is 5.56 Å². The van der Waals surface area contributed by atoms with Crippen LogP contribution in [0.25, 0.3) is 10.8 Å². The molecule has 1 heterocycles. The minimum Gasteiger partial charge on any atom is -0.465 e. The molecule has 0 radical (unpaired) electrons. The predicted molar refractivity (Wildman–Crippen MR) is 144 cm³/mol. The molecule has 196 valence electrons. The number of carboxylic acid groups (broad SMARTS) is 1. The highest BCUT2D eigenvalue weighted by Gasteiger charge is 2.37. The maximum atomic E-state index is 13.2. The summed E-state index contributed by atoms with van der Waals surface area (Å²) in [5, 5.41) is 16.2. The maximum Gasteiger partial charge on any atom is 0.407 e. The van der Waals surface area contributed by atoms with Crippen molar-refractivity contribution >= 4 is 34.4 Å². The van der Waals surface area contributed by atoms with Gasteiger partial charge in [-0.15, -0.1) is 4.79 Å². The molecular weight excluding hydrogens is 492 g/mol. The number of benzene rings is 2. The Morgan fingerprint density at radius 3 is 2.46 bits per heavy atom. The highest BCUT2D eigenvalue weighted by atomic mass is 35.5. The van der Waals surface area contributed by atoms with Crippen molar-refractivity contribution in [2.24, 2.45) is 17.8 Å². The summed E-state index contributed by atoms with van der Waals surface area (Å²) in [5.41, 5.74) is 3.26. The second kappa shape index (κ2) is 11.3. The molecule has 1 aliphatic rings. The SMILES string of the molecule is CC(C)[C@H]1CC[C@H](C)C[C@@H]1N(Cc1nn(NC(=O)Cc2ccc(Cl)cc2)c(=O)c2ccccc12)C(=O)O. The number of carbonyl (C=O) groups excluding carboxylic acids is 1. The topological polar surface area (TPSA) is 105 Å². The van der Waals surface area contributed by atoms with E-state index < -0.39 is 17.6 Å². The van der Waals surface area contributed by atoms with Gasteiger partial charge in [-0.05, 0) is 54.4 Å². The summed E-state index contributed by atoms with van der Waals surface area (Å²) in [6, 6.07) is 13.7. The van der Waals surface area contributed by atoms with E-state index in [4.69, 9.17) is 11.6 Å². The Morgan fingerprint density at radius 1 is 1.14 bits per heavy atom. The minimum atomic E-state index is -1.01. The standard InChI is InChI=1S/C28H33ClN4O4/c1-17(2)21-13-8-18(3)14-25(21)32(28(36)37)16-24-22-6-4-5-7-23(22)27(35)33(30-24)31-26(34)15-19-9-11-20(29)12-10-19/h4-7,9-12,17-18,21,25H,8,13-16H2,1-3H3,(H,31,34)(H,36,37)/t18-,21+,25-/m0/s1. The summed E-state index contributed by atoms with van der Waals surface area (Å²) < 4.78 is 0. The van der Waals surface area contributed by atoms with E-state index in [-0.39, 0.29) is 24.9 Å². The normalized spacial score (nSPS) is 19.6. The smallest absolute Gasteiger partial charge is 0.407 e. The van der Waals surface area contributed by atoms with Gasteiger partial charge < -0.3 is 5.11 Å². The van der Waals surface area contributed by atoms with E-state index in [2.05, 4.69) is 31.3 Å². The lowest BCUT2D eigenvalue weighted by Crippen LogP contribution is -2.48. The molecule has 1 fully saturated rings. The van der Waals surface area contributed by atoms with Gasteiger partial charge in [-0.3, -0.25) is 14.5 Å². The Bertz CT molecular complexity index is 1340. The zero-order chi connectivity index (χ0) is 26.7. The first kappa shape index (κ1) is 26.7. The quantitative estimate of drug-likeness (QED) is 0.436.